The molecule has 1 aromatic heterocycles. The molecule has 0 radical (unpaired) electrons. The Morgan fingerprint density at radius 1 is 1.62 bits per heavy atom. The third-order valence-corrected chi connectivity index (χ3v) is 1.86. The zero-order chi connectivity index (χ0) is 9.84. The quantitative estimate of drug-likeness (QED) is 0.734. The lowest BCUT2D eigenvalue weighted by Crippen LogP contribution is -2.14. The molecule has 0 unspecified atom stereocenters. The predicted molar refractivity (Wildman–Crippen MR) is 47.6 cm³/mol. The summed E-state index contributed by atoms with van der Waals surface area (Å²) < 4.78 is 12.8. The molecular formula is C9H13FN2O. The summed E-state index contributed by atoms with van der Waals surface area (Å²) in [4.78, 5) is 3.98. The summed E-state index contributed by atoms with van der Waals surface area (Å²) in [6.07, 6.45) is 0.443. The predicted octanol–water partition coefficient (Wildman–Crippen LogP) is 0.911. The van der Waals surface area contributed by atoms with Crippen molar-refractivity contribution in [2.24, 2.45) is 5.73 Å². The van der Waals surface area contributed by atoms with Gasteiger partial charge in [0.25, 0.3) is 0 Å². The average molecular weight is 184 g/mol. The molecule has 0 spiro atoms. The van der Waals surface area contributed by atoms with Gasteiger partial charge in [-0.25, -0.2) is 4.39 Å². The van der Waals surface area contributed by atoms with Crippen molar-refractivity contribution >= 4 is 0 Å². The lowest BCUT2D eigenvalue weighted by atomic mass is 10.1. The Morgan fingerprint density at radius 3 is 2.85 bits per heavy atom. The van der Waals surface area contributed by atoms with Crippen molar-refractivity contribution in [1.82, 2.24) is 4.98 Å². The number of rotatable bonds is 3. The Kier molecular flexibility index (Phi) is 3.33. The third kappa shape index (κ3) is 2.47. The van der Waals surface area contributed by atoms with Gasteiger partial charge in [-0.3, -0.25) is 4.98 Å². The number of hydrogen-bond acceptors (Lipinski definition) is 3. The smallest absolute Gasteiger partial charge is 0.144 e. The normalized spacial score (nSPS) is 12.9. The zero-order valence-corrected chi connectivity index (χ0v) is 7.50. The number of aromatic nitrogens is 1. The lowest BCUT2D eigenvalue weighted by Gasteiger charge is -2.09. The summed E-state index contributed by atoms with van der Waals surface area (Å²) in [5, 5.41) is 8.64. The fourth-order valence-electron chi connectivity index (χ4n) is 1.06. The molecule has 0 aromatic carbocycles. The molecule has 3 nitrogen and oxygen atoms in total. The van der Waals surface area contributed by atoms with E-state index in [2.05, 4.69) is 4.98 Å². The largest absolute Gasteiger partial charge is 0.396 e. The van der Waals surface area contributed by atoms with Crippen molar-refractivity contribution in [1.29, 1.82) is 0 Å². The summed E-state index contributed by atoms with van der Waals surface area (Å²) in [6, 6.07) is 2.57. The van der Waals surface area contributed by atoms with Crippen LogP contribution in [-0.4, -0.2) is 16.7 Å². The molecule has 4 heteroatoms. The number of hydrogen-bond donors (Lipinski definition) is 2. The Balaban J connectivity index is 2.84. The molecule has 72 valence electrons. The molecule has 0 amide bonds. The van der Waals surface area contributed by atoms with Crippen LogP contribution in [0.4, 0.5) is 4.39 Å². The van der Waals surface area contributed by atoms with Gasteiger partial charge in [-0.2, -0.15) is 0 Å². The molecule has 0 aliphatic heterocycles. The molecule has 1 aromatic rings. The maximum Gasteiger partial charge on any atom is 0.144 e. The van der Waals surface area contributed by atoms with Crippen LogP contribution in [0.1, 0.15) is 23.9 Å². The van der Waals surface area contributed by atoms with Crippen LogP contribution in [0.15, 0.2) is 12.1 Å². The van der Waals surface area contributed by atoms with Crippen LogP contribution in [0.2, 0.25) is 0 Å². The summed E-state index contributed by atoms with van der Waals surface area (Å²) in [5.41, 5.74) is 6.64. The molecule has 0 saturated carbocycles. The number of aliphatic hydroxyl groups excluding tert-OH is 1. The van der Waals surface area contributed by atoms with E-state index >= 15 is 0 Å². The second-order valence-corrected chi connectivity index (χ2v) is 2.92. The number of aryl methyl sites for hydroxylation is 1. The van der Waals surface area contributed by atoms with E-state index in [1.54, 1.807) is 13.0 Å². The van der Waals surface area contributed by atoms with Crippen LogP contribution in [0.3, 0.4) is 0 Å². The molecule has 0 saturated heterocycles. The van der Waals surface area contributed by atoms with Gasteiger partial charge in [0, 0.05) is 12.6 Å². The Morgan fingerprint density at radius 2 is 2.31 bits per heavy atom. The highest BCUT2D eigenvalue weighted by molar-refractivity contribution is 5.14. The van der Waals surface area contributed by atoms with Gasteiger partial charge in [0.15, 0.2) is 0 Å². The fourth-order valence-corrected chi connectivity index (χ4v) is 1.06. The number of nitrogens with two attached hydrogens (primary N) is 1. The topological polar surface area (TPSA) is 59.1 Å². The van der Waals surface area contributed by atoms with Crippen molar-refractivity contribution in [3.63, 3.8) is 0 Å². The van der Waals surface area contributed by atoms with Crippen LogP contribution in [0.5, 0.6) is 0 Å². The molecule has 0 bridgehead atoms. The zero-order valence-electron chi connectivity index (χ0n) is 7.50. The first-order valence-electron chi connectivity index (χ1n) is 4.14. The van der Waals surface area contributed by atoms with E-state index in [1.807, 2.05) is 0 Å². The Bertz CT molecular complexity index is 291. The van der Waals surface area contributed by atoms with Crippen molar-refractivity contribution in [2.45, 2.75) is 19.4 Å². The number of pyridine rings is 1. The maximum absolute atomic E-state index is 12.8. The van der Waals surface area contributed by atoms with E-state index in [-0.39, 0.29) is 18.5 Å². The number of aliphatic hydroxyl groups is 1. The lowest BCUT2D eigenvalue weighted by molar-refractivity contribution is 0.275. The van der Waals surface area contributed by atoms with E-state index < -0.39 is 0 Å². The van der Waals surface area contributed by atoms with Crippen LogP contribution in [0, 0.1) is 12.7 Å². The number of nitrogens with zero attached hydrogens (tertiary/aromatic N) is 1. The first-order valence-corrected chi connectivity index (χ1v) is 4.14. The van der Waals surface area contributed by atoms with Crippen LogP contribution in [-0.2, 0) is 0 Å². The van der Waals surface area contributed by atoms with Gasteiger partial charge in [-0.05, 0) is 25.5 Å². The van der Waals surface area contributed by atoms with Gasteiger partial charge >= 0.3 is 0 Å². The van der Waals surface area contributed by atoms with Crippen molar-refractivity contribution in [3.8, 4) is 0 Å². The summed E-state index contributed by atoms with van der Waals surface area (Å²) in [5.74, 6) is -0.333. The minimum Gasteiger partial charge on any atom is -0.396 e. The molecule has 13 heavy (non-hydrogen) atoms. The number of halogens is 1. The Hall–Kier alpha value is -1.00. The summed E-state index contributed by atoms with van der Waals surface area (Å²) in [6.45, 7) is 1.60. The SMILES string of the molecule is Cc1nc([C@@H](N)CCO)ccc1F. The highest BCUT2D eigenvalue weighted by Gasteiger charge is 2.08. The van der Waals surface area contributed by atoms with Crippen LogP contribution in [0.25, 0.3) is 0 Å². The first kappa shape index (κ1) is 10.1. The molecule has 0 aliphatic rings. The molecule has 0 aliphatic carbocycles. The maximum atomic E-state index is 12.8. The van der Waals surface area contributed by atoms with E-state index in [1.165, 1.54) is 6.07 Å². The van der Waals surface area contributed by atoms with Gasteiger partial charge in [0.1, 0.15) is 5.82 Å². The second-order valence-electron chi connectivity index (χ2n) is 2.92. The second kappa shape index (κ2) is 4.30. The standard InChI is InChI=1S/C9H13FN2O/c1-6-7(10)2-3-9(12-6)8(11)4-5-13/h2-3,8,13H,4-5,11H2,1H3/t8-/m0/s1. The van der Waals surface area contributed by atoms with Gasteiger partial charge in [-0.15, -0.1) is 0 Å². The summed E-state index contributed by atoms with van der Waals surface area (Å²) >= 11 is 0. The van der Waals surface area contributed by atoms with Gasteiger partial charge in [-0.1, -0.05) is 0 Å². The van der Waals surface area contributed by atoms with Crippen molar-refractivity contribution in [3.05, 3.63) is 29.3 Å². The van der Waals surface area contributed by atoms with Crippen LogP contribution >= 0.6 is 0 Å². The molecule has 1 atom stereocenters. The molecule has 0 fully saturated rings. The molecule has 1 rings (SSSR count). The minimum absolute atomic E-state index is 0.0132. The third-order valence-electron chi connectivity index (χ3n) is 1.86. The van der Waals surface area contributed by atoms with E-state index in [0.717, 1.165) is 0 Å². The molecular weight excluding hydrogens is 171 g/mol. The van der Waals surface area contributed by atoms with Gasteiger partial charge in [0.2, 0.25) is 0 Å². The van der Waals surface area contributed by atoms with Crippen molar-refractivity contribution in [2.75, 3.05) is 6.61 Å². The van der Waals surface area contributed by atoms with E-state index in [0.29, 0.717) is 17.8 Å². The summed E-state index contributed by atoms with van der Waals surface area (Å²) in [7, 11) is 0. The van der Waals surface area contributed by atoms with Crippen molar-refractivity contribution < 1.29 is 9.50 Å². The van der Waals surface area contributed by atoms with E-state index in [4.69, 9.17) is 10.8 Å². The average Bonchev–Trinajstić information content (AvgIpc) is 2.10. The molecule has 1 heterocycles. The van der Waals surface area contributed by atoms with Gasteiger partial charge in [0.05, 0.1) is 11.4 Å². The van der Waals surface area contributed by atoms with Crippen LogP contribution < -0.4 is 5.73 Å². The highest BCUT2D eigenvalue weighted by atomic mass is 19.1. The van der Waals surface area contributed by atoms with Gasteiger partial charge < -0.3 is 10.8 Å². The monoisotopic (exact) mass is 184 g/mol. The Labute approximate surface area is 76.4 Å². The fraction of sp³-hybridized carbons (Fsp3) is 0.444. The van der Waals surface area contributed by atoms with E-state index in [9.17, 15) is 4.39 Å². The first-order chi connectivity index (χ1) is 6.15. The molecule has 3 N–H and O–H groups in total. The minimum atomic E-state index is -0.333. The highest BCUT2D eigenvalue weighted by Crippen LogP contribution is 2.12.